The second-order valence-corrected chi connectivity index (χ2v) is 6.52. The number of carboxylic acids is 1. The zero-order valence-corrected chi connectivity index (χ0v) is 14.0. The fraction of sp³-hybridized carbons (Fsp3) is 0.353. The Hall–Kier alpha value is -2.63. The van der Waals surface area contributed by atoms with E-state index in [1.807, 2.05) is 34.6 Å². The molecular formula is C17H21N3O3. The fourth-order valence-electron chi connectivity index (χ4n) is 2.39. The van der Waals surface area contributed by atoms with E-state index in [4.69, 9.17) is 5.11 Å². The molecular weight excluding hydrogens is 294 g/mol. The molecule has 0 saturated carbocycles. The molecule has 0 saturated heterocycles. The summed E-state index contributed by atoms with van der Waals surface area (Å²) in [6.45, 7) is 9.68. The number of rotatable bonds is 3. The summed E-state index contributed by atoms with van der Waals surface area (Å²) >= 11 is 0. The third-order valence-electron chi connectivity index (χ3n) is 3.62. The number of carbonyl (C=O) groups is 2. The number of anilines is 1. The largest absolute Gasteiger partial charge is 0.478 e. The van der Waals surface area contributed by atoms with Crippen LogP contribution < -0.4 is 5.32 Å². The van der Waals surface area contributed by atoms with Crippen molar-refractivity contribution >= 4 is 17.6 Å². The number of benzene rings is 1. The van der Waals surface area contributed by atoms with E-state index in [0.717, 1.165) is 11.3 Å². The van der Waals surface area contributed by atoms with Crippen LogP contribution in [0, 0.1) is 13.8 Å². The molecule has 0 atom stereocenters. The number of carbonyl (C=O) groups excluding carboxylic acids is 1. The highest BCUT2D eigenvalue weighted by molar-refractivity contribution is 6.05. The molecule has 0 radical (unpaired) electrons. The lowest BCUT2D eigenvalue weighted by Crippen LogP contribution is -2.25. The van der Waals surface area contributed by atoms with Gasteiger partial charge in [0.15, 0.2) is 0 Å². The molecule has 6 heteroatoms. The molecule has 2 rings (SSSR count). The van der Waals surface area contributed by atoms with Crippen LogP contribution in [-0.4, -0.2) is 26.8 Å². The smallest absolute Gasteiger partial charge is 0.335 e. The number of amides is 1. The van der Waals surface area contributed by atoms with E-state index in [9.17, 15) is 9.59 Å². The van der Waals surface area contributed by atoms with Crippen molar-refractivity contribution in [3.63, 3.8) is 0 Å². The van der Waals surface area contributed by atoms with Crippen LogP contribution in [-0.2, 0) is 5.54 Å². The first-order valence-corrected chi connectivity index (χ1v) is 7.31. The first kappa shape index (κ1) is 16.7. The van der Waals surface area contributed by atoms with Gasteiger partial charge in [-0.2, -0.15) is 5.10 Å². The van der Waals surface area contributed by atoms with Crippen LogP contribution in [0.5, 0.6) is 0 Å². The molecule has 1 aromatic heterocycles. The molecule has 122 valence electrons. The molecule has 0 bridgehead atoms. The molecule has 0 aliphatic heterocycles. The highest BCUT2D eigenvalue weighted by atomic mass is 16.4. The normalized spacial score (nSPS) is 11.3. The first-order chi connectivity index (χ1) is 10.6. The zero-order chi connectivity index (χ0) is 17.4. The van der Waals surface area contributed by atoms with E-state index in [2.05, 4.69) is 10.4 Å². The lowest BCUT2D eigenvalue weighted by atomic mass is 10.1. The van der Waals surface area contributed by atoms with Crippen molar-refractivity contribution in [2.75, 3.05) is 5.32 Å². The van der Waals surface area contributed by atoms with Gasteiger partial charge in [-0.15, -0.1) is 0 Å². The maximum absolute atomic E-state index is 12.5. The van der Waals surface area contributed by atoms with Gasteiger partial charge in [-0.05, 0) is 52.3 Å². The average Bonchev–Trinajstić information content (AvgIpc) is 2.82. The van der Waals surface area contributed by atoms with Gasteiger partial charge in [-0.25, -0.2) is 4.79 Å². The Kier molecular flexibility index (Phi) is 4.27. The summed E-state index contributed by atoms with van der Waals surface area (Å²) < 4.78 is 1.79. The van der Waals surface area contributed by atoms with Crippen molar-refractivity contribution in [1.82, 2.24) is 9.78 Å². The monoisotopic (exact) mass is 315 g/mol. The lowest BCUT2D eigenvalue weighted by Gasteiger charge is -2.21. The number of aromatic carboxylic acids is 1. The van der Waals surface area contributed by atoms with Crippen molar-refractivity contribution in [3.8, 4) is 0 Å². The number of hydrogen-bond donors (Lipinski definition) is 2. The molecule has 6 nitrogen and oxygen atoms in total. The molecule has 1 aromatic carbocycles. The van der Waals surface area contributed by atoms with Gasteiger partial charge in [0, 0.05) is 11.4 Å². The highest BCUT2D eigenvalue weighted by Crippen LogP contribution is 2.21. The highest BCUT2D eigenvalue weighted by Gasteiger charge is 2.22. The van der Waals surface area contributed by atoms with Gasteiger partial charge in [0.05, 0.1) is 22.9 Å². The summed E-state index contributed by atoms with van der Waals surface area (Å²) in [4.78, 5) is 23.6. The SMILES string of the molecule is Cc1ccc(C(=O)O)cc1NC(=O)c1cnn(C(C)(C)C)c1C. The molecule has 0 aliphatic carbocycles. The minimum Gasteiger partial charge on any atom is -0.478 e. The Balaban J connectivity index is 2.32. The predicted molar refractivity (Wildman–Crippen MR) is 88.1 cm³/mol. The average molecular weight is 315 g/mol. The second kappa shape index (κ2) is 5.87. The number of nitrogens with one attached hydrogen (secondary N) is 1. The second-order valence-electron chi connectivity index (χ2n) is 6.52. The van der Waals surface area contributed by atoms with Crippen molar-refractivity contribution in [1.29, 1.82) is 0 Å². The van der Waals surface area contributed by atoms with E-state index in [1.54, 1.807) is 10.7 Å². The molecule has 0 aliphatic rings. The summed E-state index contributed by atoms with van der Waals surface area (Å²) in [7, 11) is 0. The van der Waals surface area contributed by atoms with Crippen molar-refractivity contribution in [3.05, 3.63) is 46.8 Å². The fourth-order valence-corrected chi connectivity index (χ4v) is 2.39. The van der Waals surface area contributed by atoms with Crippen LogP contribution >= 0.6 is 0 Å². The van der Waals surface area contributed by atoms with Gasteiger partial charge in [-0.3, -0.25) is 9.48 Å². The van der Waals surface area contributed by atoms with Gasteiger partial charge in [0.2, 0.25) is 0 Å². The number of hydrogen-bond acceptors (Lipinski definition) is 3. The summed E-state index contributed by atoms with van der Waals surface area (Å²) in [6.07, 6.45) is 1.53. The summed E-state index contributed by atoms with van der Waals surface area (Å²) in [5, 5.41) is 16.1. The Morgan fingerprint density at radius 1 is 1.22 bits per heavy atom. The Labute approximate surface area is 135 Å². The van der Waals surface area contributed by atoms with Crippen LogP contribution in [0.3, 0.4) is 0 Å². The maximum Gasteiger partial charge on any atom is 0.335 e. The van der Waals surface area contributed by atoms with Gasteiger partial charge >= 0.3 is 5.97 Å². The van der Waals surface area contributed by atoms with Crippen molar-refractivity contribution in [2.24, 2.45) is 0 Å². The third-order valence-corrected chi connectivity index (χ3v) is 3.62. The topological polar surface area (TPSA) is 84.2 Å². The van der Waals surface area contributed by atoms with Gasteiger partial charge in [0.25, 0.3) is 5.91 Å². The summed E-state index contributed by atoms with van der Waals surface area (Å²) in [6, 6.07) is 4.64. The minimum absolute atomic E-state index is 0.132. The van der Waals surface area contributed by atoms with E-state index < -0.39 is 5.97 Å². The molecule has 1 amide bonds. The lowest BCUT2D eigenvalue weighted by molar-refractivity contribution is 0.0696. The molecule has 2 N–H and O–H groups in total. The minimum atomic E-state index is -1.03. The standard InChI is InChI=1S/C17H21N3O3/c1-10-6-7-12(16(22)23)8-14(10)19-15(21)13-9-18-20(11(13)2)17(3,4)5/h6-9H,1-5H3,(H,19,21)(H,22,23). The van der Waals surface area contributed by atoms with Crippen LogP contribution in [0.1, 0.15) is 52.7 Å². The molecule has 2 aromatic rings. The predicted octanol–water partition coefficient (Wildman–Crippen LogP) is 3.21. The van der Waals surface area contributed by atoms with E-state index in [-0.39, 0.29) is 17.0 Å². The molecule has 1 heterocycles. The third kappa shape index (κ3) is 3.41. The first-order valence-electron chi connectivity index (χ1n) is 7.31. The molecule has 23 heavy (non-hydrogen) atoms. The number of carboxylic acid groups (broad SMARTS) is 1. The quantitative estimate of drug-likeness (QED) is 0.911. The number of aryl methyl sites for hydroxylation is 1. The van der Waals surface area contributed by atoms with Gasteiger partial charge in [-0.1, -0.05) is 6.07 Å². The number of aromatic nitrogens is 2. The Morgan fingerprint density at radius 2 is 1.87 bits per heavy atom. The Morgan fingerprint density at radius 3 is 2.39 bits per heavy atom. The molecule has 0 spiro atoms. The summed E-state index contributed by atoms with van der Waals surface area (Å²) in [5.74, 6) is -1.33. The zero-order valence-electron chi connectivity index (χ0n) is 14.0. The van der Waals surface area contributed by atoms with E-state index in [0.29, 0.717) is 11.3 Å². The van der Waals surface area contributed by atoms with Crippen molar-refractivity contribution < 1.29 is 14.7 Å². The maximum atomic E-state index is 12.5. The molecule has 0 fully saturated rings. The van der Waals surface area contributed by atoms with Crippen LogP contribution in [0.2, 0.25) is 0 Å². The summed E-state index contributed by atoms with van der Waals surface area (Å²) in [5.41, 5.74) is 2.43. The Bertz CT molecular complexity index is 770. The van der Waals surface area contributed by atoms with E-state index in [1.165, 1.54) is 18.3 Å². The van der Waals surface area contributed by atoms with Gasteiger partial charge in [0.1, 0.15) is 0 Å². The van der Waals surface area contributed by atoms with Crippen LogP contribution in [0.15, 0.2) is 24.4 Å². The molecule has 0 unspecified atom stereocenters. The van der Waals surface area contributed by atoms with Gasteiger partial charge < -0.3 is 10.4 Å². The van der Waals surface area contributed by atoms with Crippen molar-refractivity contribution in [2.45, 2.75) is 40.2 Å². The van der Waals surface area contributed by atoms with Crippen LogP contribution in [0.4, 0.5) is 5.69 Å². The number of nitrogens with zero attached hydrogens (tertiary/aromatic N) is 2. The van der Waals surface area contributed by atoms with Crippen LogP contribution in [0.25, 0.3) is 0 Å². The van der Waals surface area contributed by atoms with E-state index >= 15 is 0 Å².